The number of ether oxygens (including phenoxy) is 2. The number of anilines is 1. The van der Waals surface area contributed by atoms with E-state index in [2.05, 4.69) is 4.72 Å². The van der Waals surface area contributed by atoms with Crippen molar-refractivity contribution in [2.75, 3.05) is 31.4 Å². The Bertz CT molecular complexity index is 1290. The lowest BCUT2D eigenvalue weighted by Gasteiger charge is -2.27. The highest BCUT2D eigenvalue weighted by Crippen LogP contribution is 2.26. The normalized spacial score (nSPS) is 16.8. The van der Waals surface area contributed by atoms with Gasteiger partial charge in [0.05, 0.1) is 24.5 Å². The third-order valence-corrected chi connectivity index (χ3v) is 7.64. The second-order valence-electron chi connectivity index (χ2n) is 6.97. The molecule has 12 heteroatoms. The maximum atomic E-state index is 12.9. The molecule has 0 aromatic heterocycles. The standard InChI is InChI=1S/C21H22N2O8S2/c1-22-33(28,29)19-12-15(8-9-18(19)30-2)21(25)31-13-20(24)23(16-6-4-3-5-7-16)17-10-11-32(26,27)14-17/h3-12,17,22H,13-14H2,1-2H3/t17-/m1/s1. The maximum absolute atomic E-state index is 12.9. The van der Waals surface area contributed by atoms with E-state index < -0.39 is 44.4 Å². The summed E-state index contributed by atoms with van der Waals surface area (Å²) in [6.07, 6.45) is 1.40. The molecule has 10 nitrogen and oxygen atoms in total. The molecule has 1 N–H and O–H groups in total. The number of sulfonamides is 1. The molecule has 1 amide bonds. The van der Waals surface area contributed by atoms with Gasteiger partial charge in [0, 0.05) is 11.1 Å². The Hall–Kier alpha value is -3.22. The van der Waals surface area contributed by atoms with Gasteiger partial charge in [-0.15, -0.1) is 0 Å². The summed E-state index contributed by atoms with van der Waals surface area (Å²) in [4.78, 5) is 26.5. The summed E-state index contributed by atoms with van der Waals surface area (Å²) < 4.78 is 60.4. The van der Waals surface area contributed by atoms with Gasteiger partial charge in [0.2, 0.25) is 10.0 Å². The molecule has 0 fully saturated rings. The molecule has 33 heavy (non-hydrogen) atoms. The van der Waals surface area contributed by atoms with Crippen molar-refractivity contribution in [3.05, 3.63) is 65.6 Å². The Morgan fingerprint density at radius 2 is 1.85 bits per heavy atom. The summed E-state index contributed by atoms with van der Waals surface area (Å²) in [5.41, 5.74) is 0.337. The summed E-state index contributed by atoms with van der Waals surface area (Å²) in [6, 6.07) is 11.3. The molecule has 0 saturated carbocycles. The van der Waals surface area contributed by atoms with E-state index in [9.17, 15) is 26.4 Å². The lowest BCUT2D eigenvalue weighted by molar-refractivity contribution is -0.121. The molecule has 0 radical (unpaired) electrons. The van der Waals surface area contributed by atoms with Crippen LogP contribution in [0.1, 0.15) is 10.4 Å². The van der Waals surface area contributed by atoms with E-state index in [0.29, 0.717) is 5.69 Å². The summed E-state index contributed by atoms with van der Waals surface area (Å²) in [5.74, 6) is -1.83. The highest BCUT2D eigenvalue weighted by molar-refractivity contribution is 7.94. The molecule has 0 spiro atoms. The number of nitrogens with zero attached hydrogens (tertiary/aromatic N) is 1. The van der Waals surface area contributed by atoms with Crippen LogP contribution in [0.2, 0.25) is 0 Å². The number of hydrogen-bond acceptors (Lipinski definition) is 8. The minimum Gasteiger partial charge on any atom is -0.495 e. The van der Waals surface area contributed by atoms with Gasteiger partial charge in [-0.25, -0.2) is 26.4 Å². The van der Waals surface area contributed by atoms with Crippen LogP contribution in [0.25, 0.3) is 0 Å². The molecule has 2 aromatic carbocycles. The minimum absolute atomic E-state index is 0.0291. The fourth-order valence-electron chi connectivity index (χ4n) is 3.23. The van der Waals surface area contributed by atoms with Gasteiger partial charge in [-0.2, -0.15) is 0 Å². The summed E-state index contributed by atoms with van der Waals surface area (Å²) in [5, 5.41) is 1.05. The molecule has 0 bridgehead atoms. The van der Waals surface area contributed by atoms with E-state index >= 15 is 0 Å². The molecule has 0 unspecified atom stereocenters. The van der Waals surface area contributed by atoms with Gasteiger partial charge in [0.15, 0.2) is 16.4 Å². The topological polar surface area (TPSA) is 136 Å². The number of benzene rings is 2. The van der Waals surface area contributed by atoms with Crippen LogP contribution in [0, 0.1) is 0 Å². The van der Waals surface area contributed by atoms with Gasteiger partial charge in [-0.3, -0.25) is 4.79 Å². The first-order valence-electron chi connectivity index (χ1n) is 9.65. The molecule has 0 saturated heterocycles. The number of carbonyl (C=O) groups excluding carboxylic acids is 2. The van der Waals surface area contributed by atoms with Crippen molar-refractivity contribution in [3.8, 4) is 5.75 Å². The zero-order valence-electron chi connectivity index (χ0n) is 17.8. The van der Waals surface area contributed by atoms with Crippen molar-refractivity contribution in [3.63, 3.8) is 0 Å². The first-order chi connectivity index (χ1) is 15.6. The van der Waals surface area contributed by atoms with Crippen molar-refractivity contribution < 1.29 is 35.9 Å². The van der Waals surface area contributed by atoms with Crippen molar-refractivity contribution in [2.24, 2.45) is 0 Å². The summed E-state index contributed by atoms with van der Waals surface area (Å²) in [7, 11) is -4.86. The van der Waals surface area contributed by atoms with Crippen molar-refractivity contribution in [1.29, 1.82) is 0 Å². The molecule has 1 aliphatic heterocycles. The average molecular weight is 495 g/mol. The van der Waals surface area contributed by atoms with E-state index in [0.717, 1.165) is 11.5 Å². The number of carbonyl (C=O) groups is 2. The molecule has 0 aliphatic carbocycles. The van der Waals surface area contributed by atoms with Crippen LogP contribution < -0.4 is 14.4 Å². The smallest absolute Gasteiger partial charge is 0.338 e. The molecule has 1 aliphatic rings. The van der Waals surface area contributed by atoms with Crippen LogP contribution in [-0.2, 0) is 29.4 Å². The first kappa shape index (κ1) is 24.4. The number of para-hydroxylation sites is 1. The van der Waals surface area contributed by atoms with Gasteiger partial charge in [0.1, 0.15) is 10.6 Å². The molecule has 2 aromatic rings. The number of methoxy groups -OCH3 is 1. The predicted molar refractivity (Wildman–Crippen MR) is 120 cm³/mol. The van der Waals surface area contributed by atoms with E-state index in [-0.39, 0.29) is 22.0 Å². The SMILES string of the molecule is CNS(=O)(=O)c1cc(C(=O)OCC(=O)N(c2ccccc2)[C@@H]2C=CS(=O)(=O)C2)ccc1OC. The zero-order chi connectivity index (χ0) is 24.2. The Morgan fingerprint density at radius 3 is 2.42 bits per heavy atom. The number of amides is 1. The lowest BCUT2D eigenvalue weighted by atomic mass is 10.2. The third kappa shape index (κ3) is 5.59. The zero-order valence-corrected chi connectivity index (χ0v) is 19.4. The van der Waals surface area contributed by atoms with Crippen LogP contribution in [0.3, 0.4) is 0 Å². The number of hydrogen-bond donors (Lipinski definition) is 1. The molecule has 3 rings (SSSR count). The summed E-state index contributed by atoms with van der Waals surface area (Å²) >= 11 is 0. The highest BCUT2D eigenvalue weighted by Gasteiger charge is 2.32. The van der Waals surface area contributed by atoms with Crippen LogP contribution in [-0.4, -0.2) is 61.3 Å². The molecule has 176 valence electrons. The number of sulfone groups is 1. The second kappa shape index (κ2) is 9.73. The van der Waals surface area contributed by atoms with Crippen molar-refractivity contribution in [1.82, 2.24) is 4.72 Å². The third-order valence-electron chi connectivity index (χ3n) is 4.83. The highest BCUT2D eigenvalue weighted by atomic mass is 32.2. The van der Waals surface area contributed by atoms with Gasteiger partial charge in [0.25, 0.3) is 5.91 Å². The Labute approximate surface area is 191 Å². The minimum atomic E-state index is -3.92. The molecule has 1 heterocycles. The summed E-state index contributed by atoms with van der Waals surface area (Å²) in [6.45, 7) is -0.682. The predicted octanol–water partition coefficient (Wildman–Crippen LogP) is 1.10. The van der Waals surface area contributed by atoms with Crippen LogP contribution in [0.15, 0.2) is 64.9 Å². The van der Waals surface area contributed by atoms with Crippen LogP contribution in [0.5, 0.6) is 5.75 Å². The number of nitrogens with one attached hydrogen (secondary N) is 1. The average Bonchev–Trinajstić information content (AvgIpc) is 3.16. The monoisotopic (exact) mass is 494 g/mol. The Morgan fingerprint density at radius 1 is 1.15 bits per heavy atom. The number of esters is 1. The van der Waals surface area contributed by atoms with E-state index in [1.54, 1.807) is 30.3 Å². The number of rotatable bonds is 8. The fourth-order valence-corrected chi connectivity index (χ4v) is 5.42. The molecular weight excluding hydrogens is 472 g/mol. The largest absolute Gasteiger partial charge is 0.495 e. The second-order valence-corrected chi connectivity index (χ2v) is 10.8. The maximum Gasteiger partial charge on any atom is 0.338 e. The van der Waals surface area contributed by atoms with Crippen LogP contribution in [0.4, 0.5) is 5.69 Å². The first-order valence-corrected chi connectivity index (χ1v) is 12.8. The molecule has 1 atom stereocenters. The lowest BCUT2D eigenvalue weighted by Crippen LogP contribution is -2.43. The van der Waals surface area contributed by atoms with Gasteiger partial charge < -0.3 is 14.4 Å². The molecular formula is C21H22N2O8S2. The van der Waals surface area contributed by atoms with Crippen LogP contribution >= 0.6 is 0 Å². The Balaban J connectivity index is 1.80. The Kier molecular flexibility index (Phi) is 7.20. The van der Waals surface area contributed by atoms with Gasteiger partial charge >= 0.3 is 5.97 Å². The van der Waals surface area contributed by atoms with Gasteiger partial charge in [-0.1, -0.05) is 18.2 Å². The van der Waals surface area contributed by atoms with Gasteiger partial charge in [-0.05, 0) is 43.5 Å². The van der Waals surface area contributed by atoms with E-state index in [1.807, 2.05) is 0 Å². The van der Waals surface area contributed by atoms with Crippen molar-refractivity contribution >= 4 is 37.4 Å². The van der Waals surface area contributed by atoms with Crippen molar-refractivity contribution in [2.45, 2.75) is 10.9 Å². The van der Waals surface area contributed by atoms with E-state index in [1.165, 1.54) is 37.3 Å². The van der Waals surface area contributed by atoms with E-state index in [4.69, 9.17) is 9.47 Å². The fraction of sp³-hybridized carbons (Fsp3) is 0.238. The quantitative estimate of drug-likeness (QED) is 0.539.